The second-order valence-corrected chi connectivity index (χ2v) is 3.78. The summed E-state index contributed by atoms with van der Waals surface area (Å²) < 4.78 is 0. The van der Waals surface area contributed by atoms with Crippen LogP contribution in [0.4, 0.5) is 0 Å². The van der Waals surface area contributed by atoms with Gasteiger partial charge in [0.05, 0.1) is 5.70 Å². The molecule has 0 bridgehead atoms. The highest BCUT2D eigenvalue weighted by Gasteiger charge is 2.24. The third-order valence-electron chi connectivity index (χ3n) is 2.70. The first-order valence-corrected chi connectivity index (χ1v) is 4.92. The molecule has 1 heterocycles. The summed E-state index contributed by atoms with van der Waals surface area (Å²) in [4.78, 5) is 25.0. The Bertz CT molecular complexity index is 346. The van der Waals surface area contributed by atoms with Gasteiger partial charge in [0.1, 0.15) is 0 Å². The van der Waals surface area contributed by atoms with Crippen LogP contribution < -0.4 is 0 Å². The minimum absolute atomic E-state index is 0.0241. The summed E-state index contributed by atoms with van der Waals surface area (Å²) in [5.41, 5.74) is 1.12. The van der Waals surface area contributed by atoms with Gasteiger partial charge in [-0.25, -0.2) is 0 Å². The van der Waals surface area contributed by atoms with Gasteiger partial charge in [0.15, 0.2) is 5.78 Å². The van der Waals surface area contributed by atoms with E-state index in [-0.39, 0.29) is 11.6 Å². The molecule has 1 fully saturated rings. The van der Waals surface area contributed by atoms with Crippen LogP contribution in [0.3, 0.4) is 0 Å². The number of hydrogen-bond donors (Lipinski definition) is 0. The van der Waals surface area contributed by atoms with Crippen molar-refractivity contribution in [3.05, 3.63) is 23.4 Å². The predicted molar refractivity (Wildman–Crippen MR) is 52.7 cm³/mol. The first-order chi connectivity index (χ1) is 6.68. The average molecular weight is 191 g/mol. The van der Waals surface area contributed by atoms with Gasteiger partial charge in [-0.3, -0.25) is 9.59 Å². The lowest BCUT2D eigenvalue weighted by atomic mass is 10.0. The molecule has 1 aliphatic carbocycles. The molecule has 2 aliphatic rings. The lowest BCUT2D eigenvalue weighted by Crippen LogP contribution is -2.27. The van der Waals surface area contributed by atoms with E-state index in [2.05, 4.69) is 0 Å². The third kappa shape index (κ3) is 1.50. The van der Waals surface area contributed by atoms with E-state index >= 15 is 0 Å². The van der Waals surface area contributed by atoms with Gasteiger partial charge in [0.25, 0.3) is 0 Å². The lowest BCUT2D eigenvalue weighted by Gasteiger charge is -2.21. The Hall–Kier alpha value is -1.38. The standard InChI is InChI=1S/C11H13NO2/c1-8-6-11(14)9(7-10(8)13)12-4-2-3-5-12/h6-7H,2-5H2,1H3. The van der Waals surface area contributed by atoms with Crippen LogP contribution in [0.2, 0.25) is 0 Å². The van der Waals surface area contributed by atoms with E-state index in [9.17, 15) is 9.59 Å². The Morgan fingerprint density at radius 2 is 1.71 bits per heavy atom. The van der Waals surface area contributed by atoms with E-state index in [0.717, 1.165) is 25.9 Å². The van der Waals surface area contributed by atoms with Crippen LogP contribution >= 0.6 is 0 Å². The van der Waals surface area contributed by atoms with E-state index in [0.29, 0.717) is 11.3 Å². The van der Waals surface area contributed by atoms with Gasteiger partial charge in [0, 0.05) is 24.7 Å². The van der Waals surface area contributed by atoms with Crippen molar-refractivity contribution in [1.29, 1.82) is 0 Å². The highest BCUT2D eigenvalue weighted by molar-refractivity contribution is 6.19. The molecule has 0 atom stereocenters. The fourth-order valence-corrected chi connectivity index (χ4v) is 1.86. The van der Waals surface area contributed by atoms with Gasteiger partial charge < -0.3 is 4.90 Å². The lowest BCUT2D eigenvalue weighted by molar-refractivity contribution is -0.116. The zero-order chi connectivity index (χ0) is 10.1. The number of allylic oxidation sites excluding steroid dienone is 3. The molecule has 0 aromatic carbocycles. The van der Waals surface area contributed by atoms with E-state index in [4.69, 9.17) is 0 Å². The zero-order valence-corrected chi connectivity index (χ0v) is 8.25. The fourth-order valence-electron chi connectivity index (χ4n) is 1.86. The predicted octanol–water partition coefficient (Wildman–Crippen LogP) is 1.06. The van der Waals surface area contributed by atoms with Crippen molar-refractivity contribution < 1.29 is 9.59 Å². The molecule has 0 radical (unpaired) electrons. The quantitative estimate of drug-likeness (QED) is 0.582. The van der Waals surface area contributed by atoms with E-state index < -0.39 is 0 Å². The second kappa shape index (κ2) is 3.40. The van der Waals surface area contributed by atoms with Crippen molar-refractivity contribution in [1.82, 2.24) is 4.90 Å². The van der Waals surface area contributed by atoms with Crippen LogP contribution in [-0.4, -0.2) is 29.6 Å². The fraction of sp³-hybridized carbons (Fsp3) is 0.455. The molecule has 1 saturated heterocycles. The van der Waals surface area contributed by atoms with Crippen molar-refractivity contribution in [2.75, 3.05) is 13.1 Å². The molecule has 0 saturated carbocycles. The van der Waals surface area contributed by atoms with Crippen LogP contribution in [0.1, 0.15) is 19.8 Å². The monoisotopic (exact) mass is 191 g/mol. The van der Waals surface area contributed by atoms with E-state index in [1.165, 1.54) is 12.2 Å². The summed E-state index contributed by atoms with van der Waals surface area (Å²) in [7, 11) is 0. The van der Waals surface area contributed by atoms with Gasteiger partial charge in [-0.1, -0.05) is 0 Å². The van der Waals surface area contributed by atoms with Gasteiger partial charge in [-0.15, -0.1) is 0 Å². The number of likely N-dealkylation sites (tertiary alicyclic amines) is 1. The van der Waals surface area contributed by atoms with Gasteiger partial charge in [-0.2, -0.15) is 0 Å². The zero-order valence-electron chi connectivity index (χ0n) is 8.25. The van der Waals surface area contributed by atoms with Crippen LogP contribution in [0.15, 0.2) is 23.4 Å². The first-order valence-electron chi connectivity index (χ1n) is 4.92. The van der Waals surface area contributed by atoms with Gasteiger partial charge in [0.2, 0.25) is 5.78 Å². The molecule has 1 aliphatic heterocycles. The molecule has 0 unspecified atom stereocenters. The SMILES string of the molecule is CC1=CC(=O)C(N2CCCC2)=CC1=O. The molecule has 14 heavy (non-hydrogen) atoms. The van der Waals surface area contributed by atoms with Crippen LogP contribution in [0.5, 0.6) is 0 Å². The normalized spacial score (nSPS) is 22.5. The number of ketones is 2. The smallest absolute Gasteiger partial charge is 0.202 e. The summed E-state index contributed by atoms with van der Waals surface area (Å²) >= 11 is 0. The first kappa shape index (κ1) is 9.19. The van der Waals surface area contributed by atoms with Crippen molar-refractivity contribution in [3.63, 3.8) is 0 Å². The minimum Gasteiger partial charge on any atom is -0.368 e. The largest absolute Gasteiger partial charge is 0.368 e. The molecule has 74 valence electrons. The van der Waals surface area contributed by atoms with Crippen molar-refractivity contribution in [2.24, 2.45) is 0 Å². The van der Waals surface area contributed by atoms with Crippen LogP contribution in [0.25, 0.3) is 0 Å². The average Bonchev–Trinajstić information content (AvgIpc) is 2.64. The van der Waals surface area contributed by atoms with Crippen molar-refractivity contribution in [2.45, 2.75) is 19.8 Å². The minimum atomic E-state index is -0.0356. The topological polar surface area (TPSA) is 37.4 Å². The Morgan fingerprint density at radius 3 is 2.36 bits per heavy atom. The van der Waals surface area contributed by atoms with Crippen molar-refractivity contribution in [3.8, 4) is 0 Å². The molecule has 3 heteroatoms. The summed E-state index contributed by atoms with van der Waals surface area (Å²) in [5.74, 6) is -0.0597. The van der Waals surface area contributed by atoms with E-state index in [1.54, 1.807) is 6.92 Å². The van der Waals surface area contributed by atoms with E-state index in [1.807, 2.05) is 4.90 Å². The summed E-state index contributed by atoms with van der Waals surface area (Å²) in [5, 5.41) is 0. The molecular weight excluding hydrogens is 178 g/mol. The Labute approximate surface area is 83.1 Å². The molecule has 0 spiro atoms. The maximum atomic E-state index is 11.6. The van der Waals surface area contributed by atoms with Gasteiger partial charge in [-0.05, 0) is 25.8 Å². The Kier molecular flexibility index (Phi) is 2.23. The molecule has 2 rings (SSSR count). The molecule has 0 amide bonds. The number of carbonyl (C=O) groups is 2. The molecular formula is C11H13NO2. The van der Waals surface area contributed by atoms with Crippen LogP contribution in [-0.2, 0) is 9.59 Å². The molecule has 0 aromatic rings. The Morgan fingerprint density at radius 1 is 1.07 bits per heavy atom. The third-order valence-corrected chi connectivity index (χ3v) is 2.70. The highest BCUT2D eigenvalue weighted by atomic mass is 16.1. The molecule has 0 N–H and O–H groups in total. The summed E-state index contributed by atoms with van der Waals surface area (Å²) in [6, 6.07) is 0. The number of hydrogen-bond acceptors (Lipinski definition) is 3. The second-order valence-electron chi connectivity index (χ2n) is 3.78. The number of nitrogens with zero attached hydrogens (tertiary/aromatic N) is 1. The Balaban J connectivity index is 2.23. The summed E-state index contributed by atoms with van der Waals surface area (Å²) in [6.45, 7) is 3.48. The van der Waals surface area contributed by atoms with Crippen molar-refractivity contribution >= 4 is 11.6 Å². The molecule has 3 nitrogen and oxygen atoms in total. The number of carbonyl (C=O) groups excluding carboxylic acids is 2. The van der Waals surface area contributed by atoms with Crippen LogP contribution in [0, 0.1) is 0 Å². The maximum absolute atomic E-state index is 11.6. The highest BCUT2D eigenvalue weighted by Crippen LogP contribution is 2.19. The summed E-state index contributed by atoms with van der Waals surface area (Å²) in [6.07, 6.45) is 5.14. The molecule has 0 aromatic heterocycles. The maximum Gasteiger partial charge on any atom is 0.202 e. The van der Waals surface area contributed by atoms with Gasteiger partial charge >= 0.3 is 0 Å². The number of rotatable bonds is 1.